The maximum atomic E-state index is 13.0. The molecule has 2 heterocycles. The van der Waals surface area contributed by atoms with Crippen LogP contribution in [0.4, 0.5) is 5.69 Å². The first-order valence-corrected chi connectivity index (χ1v) is 10.8. The van der Waals surface area contributed by atoms with Crippen LogP contribution in [0.25, 0.3) is 17.4 Å². The van der Waals surface area contributed by atoms with Crippen LogP contribution in [0.5, 0.6) is 0 Å². The van der Waals surface area contributed by atoms with E-state index in [1.807, 2.05) is 39.0 Å². The summed E-state index contributed by atoms with van der Waals surface area (Å²) in [7, 11) is 0. The molecule has 1 aliphatic heterocycles. The third kappa shape index (κ3) is 4.06. The normalized spacial score (nSPS) is 15.2. The lowest BCUT2D eigenvalue weighted by Gasteiger charge is -2.15. The fraction of sp³-hybridized carbons (Fsp3) is 0.125. The van der Waals surface area contributed by atoms with Crippen LogP contribution in [0.3, 0.4) is 0 Å². The number of rotatable bonds is 4. The summed E-state index contributed by atoms with van der Waals surface area (Å²) in [4.78, 5) is 26.2. The maximum absolute atomic E-state index is 13.0. The van der Waals surface area contributed by atoms with Crippen LogP contribution in [0, 0.1) is 20.8 Å². The molecular formula is C24H19NO4S2. The van der Waals surface area contributed by atoms with Gasteiger partial charge >= 0.3 is 5.97 Å². The molecule has 5 nitrogen and oxygen atoms in total. The number of amides is 1. The van der Waals surface area contributed by atoms with Crippen molar-refractivity contribution in [3.05, 3.63) is 81.5 Å². The number of anilines is 1. The molecule has 156 valence electrons. The lowest BCUT2D eigenvalue weighted by molar-refractivity contribution is -0.113. The summed E-state index contributed by atoms with van der Waals surface area (Å²) in [6.07, 6.45) is 1.69. The molecule has 7 heteroatoms. The van der Waals surface area contributed by atoms with Gasteiger partial charge in [-0.25, -0.2) is 4.79 Å². The van der Waals surface area contributed by atoms with Crippen LogP contribution >= 0.6 is 24.0 Å². The third-order valence-corrected chi connectivity index (χ3v) is 6.48. The highest BCUT2D eigenvalue weighted by Gasteiger charge is 2.33. The number of carboxylic acid groups (broad SMARTS) is 1. The van der Waals surface area contributed by atoms with Crippen molar-refractivity contribution in [2.75, 3.05) is 4.90 Å². The van der Waals surface area contributed by atoms with Crippen molar-refractivity contribution in [1.82, 2.24) is 0 Å². The zero-order chi connectivity index (χ0) is 22.3. The number of nitrogens with zero attached hydrogens (tertiary/aromatic N) is 1. The number of thiocarbonyl (C=S) groups is 1. The molecule has 0 atom stereocenters. The highest BCUT2D eigenvalue weighted by atomic mass is 32.2. The molecule has 1 aliphatic rings. The van der Waals surface area contributed by atoms with Gasteiger partial charge in [0.25, 0.3) is 5.91 Å². The van der Waals surface area contributed by atoms with Crippen LogP contribution < -0.4 is 4.90 Å². The molecule has 0 aliphatic carbocycles. The minimum atomic E-state index is -0.972. The lowest BCUT2D eigenvalue weighted by Crippen LogP contribution is -2.27. The van der Waals surface area contributed by atoms with Crippen molar-refractivity contribution in [3.8, 4) is 11.3 Å². The van der Waals surface area contributed by atoms with Gasteiger partial charge in [-0.15, -0.1) is 0 Å². The van der Waals surface area contributed by atoms with Crippen LogP contribution in [0.1, 0.15) is 32.8 Å². The Labute approximate surface area is 189 Å². The van der Waals surface area contributed by atoms with Gasteiger partial charge in [0.1, 0.15) is 11.5 Å². The fourth-order valence-electron chi connectivity index (χ4n) is 3.33. The molecule has 0 unspecified atom stereocenters. The molecule has 1 saturated heterocycles. The van der Waals surface area contributed by atoms with E-state index in [1.165, 1.54) is 16.7 Å². The van der Waals surface area contributed by atoms with Crippen LogP contribution in [-0.4, -0.2) is 21.3 Å². The predicted octanol–water partition coefficient (Wildman–Crippen LogP) is 5.98. The Morgan fingerprint density at radius 2 is 1.81 bits per heavy atom. The summed E-state index contributed by atoms with van der Waals surface area (Å²) >= 11 is 6.69. The summed E-state index contributed by atoms with van der Waals surface area (Å²) in [5.74, 6) is -0.0265. The number of aryl methyl sites for hydroxylation is 3. The summed E-state index contributed by atoms with van der Waals surface area (Å²) in [5, 5.41) is 9.13. The first kappa shape index (κ1) is 21.1. The summed E-state index contributed by atoms with van der Waals surface area (Å²) in [6.45, 7) is 5.86. The van der Waals surface area contributed by atoms with Gasteiger partial charge < -0.3 is 9.52 Å². The largest absolute Gasteiger partial charge is 0.478 e. The number of carbonyl (C=O) groups is 2. The minimum absolute atomic E-state index is 0.182. The molecule has 1 amide bonds. The van der Waals surface area contributed by atoms with Crippen molar-refractivity contribution in [2.24, 2.45) is 0 Å². The number of furan rings is 1. The van der Waals surface area contributed by atoms with Gasteiger partial charge in [-0.2, -0.15) is 0 Å². The first-order valence-electron chi connectivity index (χ1n) is 9.54. The molecule has 3 aromatic rings. The number of aromatic carboxylic acids is 1. The van der Waals surface area contributed by atoms with Crippen molar-refractivity contribution in [2.45, 2.75) is 20.8 Å². The zero-order valence-electron chi connectivity index (χ0n) is 17.1. The Morgan fingerprint density at radius 1 is 1.03 bits per heavy atom. The molecule has 1 N–H and O–H groups in total. The lowest BCUT2D eigenvalue weighted by atomic mass is 10.0. The second kappa shape index (κ2) is 8.17. The van der Waals surface area contributed by atoms with E-state index in [4.69, 9.17) is 21.7 Å². The van der Waals surface area contributed by atoms with E-state index < -0.39 is 5.97 Å². The van der Waals surface area contributed by atoms with Gasteiger partial charge in [0.2, 0.25) is 0 Å². The molecule has 0 saturated carbocycles. The Hall–Kier alpha value is -3.16. The molecule has 0 spiro atoms. The number of thioether (sulfide) groups is 1. The van der Waals surface area contributed by atoms with Crippen LogP contribution in [-0.2, 0) is 4.79 Å². The zero-order valence-corrected chi connectivity index (χ0v) is 18.8. The smallest absolute Gasteiger partial charge is 0.335 e. The van der Waals surface area contributed by atoms with E-state index in [9.17, 15) is 9.59 Å². The average Bonchev–Trinajstić information content (AvgIpc) is 3.28. The second-order valence-corrected chi connectivity index (χ2v) is 9.00. The van der Waals surface area contributed by atoms with Crippen molar-refractivity contribution in [3.63, 3.8) is 0 Å². The first-order chi connectivity index (χ1) is 14.7. The number of carboxylic acids is 1. The van der Waals surface area contributed by atoms with Gasteiger partial charge in [0, 0.05) is 11.6 Å². The van der Waals surface area contributed by atoms with E-state index in [2.05, 4.69) is 0 Å². The monoisotopic (exact) mass is 449 g/mol. The molecule has 1 aromatic heterocycles. The molecule has 31 heavy (non-hydrogen) atoms. The molecule has 4 rings (SSSR count). The summed E-state index contributed by atoms with van der Waals surface area (Å²) in [6, 6.07) is 14.3. The number of carbonyl (C=O) groups excluding carboxylic acids is 1. The number of hydrogen-bond donors (Lipinski definition) is 1. The van der Waals surface area contributed by atoms with Crippen molar-refractivity contribution >= 4 is 51.9 Å². The van der Waals surface area contributed by atoms with Crippen molar-refractivity contribution in [1.29, 1.82) is 0 Å². The second-order valence-electron chi connectivity index (χ2n) is 7.32. The Balaban J connectivity index is 1.61. The Kier molecular flexibility index (Phi) is 5.56. The standard InChI is InChI=1S/C24H19NO4S2/c1-13-4-6-17(11-14(13)2)25-22(26)21(31-24(25)30)12-18-7-9-20(29-18)19-8-5-16(23(27)28)10-15(19)3/h4-12H,1-3H3,(H,27,28)/b21-12-. The summed E-state index contributed by atoms with van der Waals surface area (Å²) < 4.78 is 6.40. The Morgan fingerprint density at radius 3 is 2.48 bits per heavy atom. The molecule has 2 aromatic carbocycles. The van der Waals surface area contributed by atoms with Gasteiger partial charge in [-0.05, 0) is 73.9 Å². The maximum Gasteiger partial charge on any atom is 0.335 e. The number of hydrogen-bond acceptors (Lipinski definition) is 5. The van der Waals surface area contributed by atoms with Gasteiger partial charge in [-0.1, -0.05) is 36.1 Å². The van der Waals surface area contributed by atoms with E-state index in [0.717, 1.165) is 27.9 Å². The van der Waals surface area contributed by atoms with E-state index >= 15 is 0 Å². The van der Waals surface area contributed by atoms with E-state index in [-0.39, 0.29) is 11.5 Å². The summed E-state index contributed by atoms with van der Waals surface area (Å²) in [5.41, 5.74) is 4.82. The molecular weight excluding hydrogens is 430 g/mol. The minimum Gasteiger partial charge on any atom is -0.478 e. The number of benzene rings is 2. The highest BCUT2D eigenvalue weighted by Crippen LogP contribution is 2.37. The Bertz CT molecular complexity index is 1270. The van der Waals surface area contributed by atoms with Gasteiger partial charge in [-0.3, -0.25) is 9.69 Å². The fourth-order valence-corrected chi connectivity index (χ4v) is 4.61. The van der Waals surface area contributed by atoms with Crippen LogP contribution in [0.2, 0.25) is 0 Å². The quantitative estimate of drug-likeness (QED) is 0.390. The molecule has 1 fully saturated rings. The van der Waals surface area contributed by atoms with Crippen LogP contribution in [0.15, 0.2) is 57.9 Å². The van der Waals surface area contributed by atoms with Gasteiger partial charge in [0.05, 0.1) is 16.2 Å². The topological polar surface area (TPSA) is 70.8 Å². The van der Waals surface area contributed by atoms with Gasteiger partial charge in [0.15, 0.2) is 4.32 Å². The van der Waals surface area contributed by atoms with E-state index in [0.29, 0.717) is 20.7 Å². The SMILES string of the molecule is Cc1ccc(N2C(=O)/C(=C/c3ccc(-c4ccc(C(=O)O)cc4C)o3)SC2=S)cc1C. The third-order valence-electron chi connectivity index (χ3n) is 5.18. The molecule has 0 radical (unpaired) electrons. The average molecular weight is 450 g/mol. The molecule has 0 bridgehead atoms. The predicted molar refractivity (Wildman–Crippen MR) is 127 cm³/mol. The van der Waals surface area contributed by atoms with Crippen molar-refractivity contribution < 1.29 is 19.1 Å². The highest BCUT2D eigenvalue weighted by molar-refractivity contribution is 8.27. The van der Waals surface area contributed by atoms with E-state index in [1.54, 1.807) is 36.4 Å².